The number of benzene rings is 5. The quantitative estimate of drug-likeness (QED) is 0.0587. The van der Waals surface area contributed by atoms with E-state index in [0.717, 1.165) is 52.2 Å². The van der Waals surface area contributed by atoms with E-state index in [2.05, 4.69) is 10.2 Å². The summed E-state index contributed by atoms with van der Waals surface area (Å²) in [5, 5.41) is 13.0. The summed E-state index contributed by atoms with van der Waals surface area (Å²) in [6.45, 7) is 4.55. The third kappa shape index (κ3) is 12.2. The van der Waals surface area contributed by atoms with Gasteiger partial charge in [-0.3, -0.25) is 4.79 Å². The second kappa shape index (κ2) is 21.6. The number of sulfone groups is 1. The van der Waals surface area contributed by atoms with Crippen LogP contribution in [-0.2, 0) is 19.9 Å². The van der Waals surface area contributed by atoms with Crippen molar-refractivity contribution in [2.24, 2.45) is 11.7 Å². The number of piperidine rings is 1. The van der Waals surface area contributed by atoms with Crippen LogP contribution in [0, 0.1) is 5.92 Å². The van der Waals surface area contributed by atoms with E-state index in [-0.39, 0.29) is 24.1 Å². The number of halogens is 4. The Kier molecular flexibility index (Phi) is 16.5. The Balaban J connectivity index is 1.14. The number of amides is 1. The number of hydrogen-bond acceptors (Lipinski definition) is 11. The fourth-order valence-corrected chi connectivity index (χ4v) is 10.8. The molecule has 6 rings (SSSR count). The molecule has 0 saturated carbocycles. The molecule has 0 spiro atoms. The van der Waals surface area contributed by atoms with Gasteiger partial charge in [0.2, 0.25) is 0 Å². The van der Waals surface area contributed by atoms with Crippen LogP contribution in [0.25, 0.3) is 11.1 Å². The maximum atomic E-state index is 14.1. The lowest BCUT2D eigenvalue weighted by Gasteiger charge is -2.36. The van der Waals surface area contributed by atoms with E-state index in [4.69, 9.17) is 17.3 Å². The Morgan fingerprint density at radius 2 is 1.56 bits per heavy atom. The number of nitrogens with one attached hydrogen (secondary N) is 2. The molecule has 1 aliphatic rings. The highest BCUT2D eigenvalue weighted by atomic mass is 35.5. The normalized spacial score (nSPS) is 14.9. The van der Waals surface area contributed by atoms with Crippen molar-refractivity contribution in [1.29, 1.82) is 0 Å². The van der Waals surface area contributed by atoms with Crippen LogP contribution in [-0.4, -0.2) is 89.4 Å². The molecule has 0 aromatic heterocycles. The molecule has 2 atom stereocenters. The number of aliphatic hydroxyl groups excluding tert-OH is 1. The summed E-state index contributed by atoms with van der Waals surface area (Å²) in [6, 6.07) is 32.7. The van der Waals surface area contributed by atoms with Crippen LogP contribution in [0.3, 0.4) is 0 Å². The lowest BCUT2D eigenvalue weighted by molar-refractivity contribution is -0.0435. The van der Waals surface area contributed by atoms with Crippen LogP contribution in [0.1, 0.15) is 48.1 Å². The van der Waals surface area contributed by atoms with E-state index in [9.17, 15) is 39.9 Å². The number of likely N-dealkylation sites (N-methyl/N-ethyl adjacent to an activating group) is 1. The van der Waals surface area contributed by atoms with Crippen molar-refractivity contribution >= 4 is 60.5 Å². The molecule has 0 unspecified atom stereocenters. The number of anilines is 2. The number of carbonyl (C=O) groups is 1. The number of carbonyl (C=O) groups excluding carboxylic acids is 1. The molecule has 342 valence electrons. The van der Waals surface area contributed by atoms with Gasteiger partial charge in [-0.15, -0.1) is 11.8 Å². The van der Waals surface area contributed by atoms with E-state index >= 15 is 0 Å². The highest BCUT2D eigenvalue weighted by Gasteiger charge is 2.48. The fraction of sp³-hybridized carbons (Fsp3) is 0.326. The summed E-state index contributed by atoms with van der Waals surface area (Å²) in [7, 11) is -11.0. The zero-order valence-electron chi connectivity index (χ0n) is 35.0. The average Bonchev–Trinajstić information content (AvgIpc) is 3.29. The maximum Gasteiger partial charge on any atom is 0.501 e. The summed E-state index contributed by atoms with van der Waals surface area (Å²) >= 11 is 7.52. The Morgan fingerprint density at radius 1 is 0.906 bits per heavy atom. The zero-order chi connectivity index (χ0) is 46.1. The number of aliphatic hydroxyl groups is 1. The number of sulfonamides is 1. The van der Waals surface area contributed by atoms with Crippen molar-refractivity contribution in [2.45, 2.75) is 58.5 Å². The van der Waals surface area contributed by atoms with Crippen molar-refractivity contribution in [3.05, 3.63) is 137 Å². The molecule has 5 aromatic rings. The van der Waals surface area contributed by atoms with Crippen LogP contribution >= 0.6 is 23.4 Å². The molecule has 0 radical (unpaired) electrons. The van der Waals surface area contributed by atoms with Gasteiger partial charge in [0.25, 0.3) is 25.8 Å². The van der Waals surface area contributed by atoms with Gasteiger partial charge in [0, 0.05) is 65.2 Å². The monoisotopic (exact) mass is 957 g/mol. The summed E-state index contributed by atoms with van der Waals surface area (Å²) in [5.74, 6) is -0.543. The predicted octanol–water partition coefficient (Wildman–Crippen LogP) is 8.61. The fourth-order valence-electron chi connectivity index (χ4n) is 7.69. The molecule has 1 amide bonds. The van der Waals surface area contributed by atoms with Crippen molar-refractivity contribution in [2.75, 3.05) is 55.3 Å². The van der Waals surface area contributed by atoms with Crippen molar-refractivity contribution in [3.8, 4) is 11.1 Å². The molecule has 1 aliphatic heterocycles. The minimum Gasteiger partial charge on any atom is -0.395 e. The van der Waals surface area contributed by atoms with Gasteiger partial charge in [-0.05, 0) is 115 Å². The van der Waals surface area contributed by atoms with E-state index in [1.165, 1.54) is 23.9 Å². The number of nitrogens with zero attached hydrogens (tertiary/aromatic N) is 2. The van der Waals surface area contributed by atoms with Crippen molar-refractivity contribution in [1.82, 2.24) is 9.62 Å². The first-order valence-electron chi connectivity index (χ1n) is 20.8. The van der Waals surface area contributed by atoms with E-state index < -0.39 is 52.8 Å². The molecule has 5 aromatic carbocycles. The molecule has 1 saturated heterocycles. The lowest BCUT2D eigenvalue weighted by Crippen LogP contribution is -2.37. The minimum absolute atomic E-state index is 0.0365. The molecule has 1 fully saturated rings. The van der Waals surface area contributed by atoms with Crippen LogP contribution in [0.2, 0.25) is 5.02 Å². The Morgan fingerprint density at radius 3 is 2.20 bits per heavy atom. The maximum absolute atomic E-state index is 14.1. The highest BCUT2D eigenvalue weighted by molar-refractivity contribution is 7.99. The Bertz CT molecular complexity index is 2570. The Hall–Kier alpha value is -4.62. The van der Waals surface area contributed by atoms with Crippen molar-refractivity contribution < 1.29 is 39.9 Å². The molecule has 11 nitrogen and oxygen atoms in total. The zero-order valence-corrected chi connectivity index (χ0v) is 38.3. The Labute approximate surface area is 382 Å². The second-order valence-electron chi connectivity index (χ2n) is 15.4. The molecule has 1 heterocycles. The summed E-state index contributed by atoms with van der Waals surface area (Å²) in [6.07, 6.45) is 1.94. The first kappa shape index (κ1) is 48.8. The average molecular weight is 959 g/mol. The van der Waals surface area contributed by atoms with Crippen LogP contribution in [0.4, 0.5) is 24.5 Å². The molecule has 0 aliphatic carbocycles. The topological polar surface area (TPSA) is 162 Å². The number of hydrogen-bond donors (Lipinski definition) is 4. The van der Waals surface area contributed by atoms with E-state index in [1.807, 2.05) is 95.4 Å². The summed E-state index contributed by atoms with van der Waals surface area (Å²) in [4.78, 5) is 16.1. The molecular weight excluding hydrogens is 907 g/mol. The second-order valence-corrected chi connectivity index (χ2v) is 20.6. The van der Waals surface area contributed by atoms with Gasteiger partial charge < -0.3 is 26.0 Å². The first-order valence-corrected chi connectivity index (χ1v) is 25.1. The molecule has 18 heteroatoms. The highest BCUT2D eigenvalue weighted by Crippen LogP contribution is 2.38. The van der Waals surface area contributed by atoms with Gasteiger partial charge in [0.15, 0.2) is 0 Å². The van der Waals surface area contributed by atoms with E-state index in [1.54, 1.807) is 12.1 Å². The van der Waals surface area contributed by atoms with Crippen molar-refractivity contribution in [3.63, 3.8) is 0 Å². The van der Waals surface area contributed by atoms with Crippen LogP contribution < -0.4 is 20.7 Å². The minimum atomic E-state index is -6.09. The molecule has 5 N–H and O–H groups in total. The third-order valence-corrected chi connectivity index (χ3v) is 15.6. The van der Waals surface area contributed by atoms with Gasteiger partial charge >= 0.3 is 5.51 Å². The summed E-state index contributed by atoms with van der Waals surface area (Å²) < 4.78 is 97.4. The molecular formula is C46H51ClF3N5O6S3. The predicted molar refractivity (Wildman–Crippen MR) is 248 cm³/mol. The van der Waals surface area contributed by atoms with Gasteiger partial charge in [0.05, 0.1) is 17.2 Å². The largest absolute Gasteiger partial charge is 0.501 e. The first-order chi connectivity index (χ1) is 30.5. The standard InChI is InChI=1S/C46H51ClF3N5O6S3/c1-2-54(28-29-56)25-24-36(31-62-38-8-4-3-5-9-38)52-42-21-20-39(30-43(42)63(58,59)46(48,49)50)64(60,61)53-45(57)34-14-18-37(19-15-34)55-26-22-33(23-27-55)44(51)41-11-7-6-10-40(41)32-12-16-35(47)17-13-32/h3-21,30,33,36,44,52,56H,2,22-29,31,51H2,1H3,(H,53,57)/t36-,44-/m0/s1. The number of rotatable bonds is 19. The number of alkyl halides is 3. The van der Waals surface area contributed by atoms with Gasteiger partial charge in [-0.25, -0.2) is 21.6 Å². The molecule has 0 bridgehead atoms. The van der Waals surface area contributed by atoms with Gasteiger partial charge in [0.1, 0.15) is 4.90 Å². The third-order valence-electron chi connectivity index (χ3n) is 11.3. The number of thioether (sulfide) groups is 1. The van der Waals surface area contributed by atoms with Crippen LogP contribution in [0.15, 0.2) is 136 Å². The smallest absolute Gasteiger partial charge is 0.395 e. The number of nitrogens with two attached hydrogens (primary N) is 1. The lowest BCUT2D eigenvalue weighted by atomic mass is 9.83. The van der Waals surface area contributed by atoms with Gasteiger partial charge in [-0.1, -0.05) is 73.1 Å². The summed E-state index contributed by atoms with van der Waals surface area (Å²) in [5.41, 5.74) is 4.55. The molecule has 64 heavy (non-hydrogen) atoms. The van der Waals surface area contributed by atoms with Crippen LogP contribution in [0.5, 0.6) is 0 Å². The van der Waals surface area contributed by atoms with E-state index in [0.29, 0.717) is 56.0 Å². The van der Waals surface area contributed by atoms with Gasteiger partial charge in [-0.2, -0.15) is 13.2 Å². The SMILES string of the molecule is CCN(CCO)CC[C@@H](CSc1ccccc1)Nc1ccc(S(=O)(=O)NC(=O)c2ccc(N3CCC([C@H](N)c4ccccc4-c4ccc(Cl)cc4)CC3)cc2)cc1S(=O)(=O)C(F)(F)F.